The van der Waals surface area contributed by atoms with Gasteiger partial charge in [-0.25, -0.2) is 9.50 Å². The number of carbonyl (C=O) groups is 1. The van der Waals surface area contributed by atoms with Crippen LogP contribution in [-0.2, 0) is 23.9 Å². The Bertz CT molecular complexity index is 1040. The minimum atomic E-state index is -4.64. The van der Waals surface area contributed by atoms with Crippen LogP contribution < -0.4 is 0 Å². The van der Waals surface area contributed by atoms with E-state index in [0.717, 1.165) is 10.1 Å². The molecule has 6 nitrogen and oxygen atoms in total. The smallest absolute Gasteiger partial charge is 0.336 e. The number of benzene rings is 1. The highest BCUT2D eigenvalue weighted by molar-refractivity contribution is 5.76. The van der Waals surface area contributed by atoms with Gasteiger partial charge in [-0.1, -0.05) is 30.3 Å². The molecule has 0 aliphatic heterocycles. The van der Waals surface area contributed by atoms with Crippen LogP contribution in [0.5, 0.6) is 0 Å². The Labute approximate surface area is 172 Å². The number of halogens is 3. The average molecular weight is 419 g/mol. The number of hydrogen-bond acceptors (Lipinski definition) is 4. The van der Waals surface area contributed by atoms with Crippen LogP contribution in [0, 0.1) is 13.8 Å². The van der Waals surface area contributed by atoms with Gasteiger partial charge in [0.05, 0.1) is 0 Å². The lowest BCUT2D eigenvalue weighted by Gasteiger charge is -2.27. The summed E-state index contributed by atoms with van der Waals surface area (Å²) in [6.45, 7) is 7.79. The van der Waals surface area contributed by atoms with E-state index >= 15 is 0 Å². The Morgan fingerprint density at radius 1 is 1.13 bits per heavy atom. The molecule has 0 fully saturated rings. The third kappa shape index (κ3) is 4.60. The zero-order valence-electron chi connectivity index (χ0n) is 17.4. The number of amides is 1. The van der Waals surface area contributed by atoms with Gasteiger partial charge in [-0.3, -0.25) is 4.79 Å². The quantitative estimate of drug-likeness (QED) is 0.603. The second kappa shape index (κ2) is 8.41. The SMILES string of the molecule is Cc1nc2nc(C(F)(F)F)nn2c(C)c1CCC(=O)N(Cc1ccccc1)C(C)C. The highest BCUT2D eigenvalue weighted by Crippen LogP contribution is 2.27. The van der Waals surface area contributed by atoms with Crippen LogP contribution in [0.15, 0.2) is 30.3 Å². The number of rotatable bonds is 6. The number of aryl methyl sites for hydroxylation is 2. The molecular formula is C21H24F3N5O. The van der Waals surface area contributed by atoms with Gasteiger partial charge in [0, 0.05) is 30.4 Å². The predicted octanol–water partition coefficient (Wildman–Crippen LogP) is 4.13. The number of alkyl halides is 3. The van der Waals surface area contributed by atoms with Crippen molar-refractivity contribution in [1.82, 2.24) is 24.5 Å². The molecule has 3 rings (SSSR count). The van der Waals surface area contributed by atoms with Crippen molar-refractivity contribution in [3.05, 3.63) is 58.7 Å². The summed E-state index contributed by atoms with van der Waals surface area (Å²) in [5, 5.41) is 3.55. The molecule has 1 amide bonds. The highest BCUT2D eigenvalue weighted by Gasteiger charge is 2.37. The molecule has 0 N–H and O–H groups in total. The van der Waals surface area contributed by atoms with E-state index in [4.69, 9.17) is 0 Å². The topological polar surface area (TPSA) is 63.4 Å². The molecule has 0 unspecified atom stereocenters. The summed E-state index contributed by atoms with van der Waals surface area (Å²) in [7, 11) is 0. The van der Waals surface area contributed by atoms with Crippen molar-refractivity contribution >= 4 is 11.7 Å². The summed E-state index contributed by atoms with van der Waals surface area (Å²) >= 11 is 0. The summed E-state index contributed by atoms with van der Waals surface area (Å²) in [4.78, 5) is 22.3. The molecule has 9 heteroatoms. The van der Waals surface area contributed by atoms with Gasteiger partial charge in [0.15, 0.2) is 0 Å². The fourth-order valence-electron chi connectivity index (χ4n) is 3.40. The fourth-order valence-corrected chi connectivity index (χ4v) is 3.40. The lowest BCUT2D eigenvalue weighted by molar-refractivity contribution is -0.144. The maximum atomic E-state index is 12.9. The van der Waals surface area contributed by atoms with Crippen LogP contribution in [-0.4, -0.2) is 36.4 Å². The first kappa shape index (κ1) is 21.7. The van der Waals surface area contributed by atoms with Crippen molar-refractivity contribution in [3.8, 4) is 0 Å². The largest absolute Gasteiger partial charge is 0.453 e. The van der Waals surface area contributed by atoms with Crippen LogP contribution in [0.1, 0.15) is 48.6 Å². The van der Waals surface area contributed by atoms with Crippen LogP contribution in [0.2, 0.25) is 0 Å². The molecule has 160 valence electrons. The van der Waals surface area contributed by atoms with Gasteiger partial charge >= 0.3 is 6.18 Å². The molecule has 0 radical (unpaired) electrons. The van der Waals surface area contributed by atoms with E-state index in [0.29, 0.717) is 29.9 Å². The molecule has 0 spiro atoms. The minimum Gasteiger partial charge on any atom is -0.336 e. The van der Waals surface area contributed by atoms with E-state index in [-0.39, 0.29) is 24.1 Å². The van der Waals surface area contributed by atoms with E-state index in [1.165, 1.54) is 0 Å². The summed E-state index contributed by atoms with van der Waals surface area (Å²) in [5.41, 5.74) is 2.80. The first-order chi connectivity index (χ1) is 14.1. The molecule has 0 saturated carbocycles. The molecular weight excluding hydrogens is 395 g/mol. The van der Waals surface area contributed by atoms with E-state index in [1.54, 1.807) is 18.7 Å². The lowest BCUT2D eigenvalue weighted by atomic mass is 10.1. The second-order valence-electron chi connectivity index (χ2n) is 7.51. The Morgan fingerprint density at radius 2 is 1.80 bits per heavy atom. The van der Waals surface area contributed by atoms with Crippen molar-refractivity contribution < 1.29 is 18.0 Å². The second-order valence-corrected chi connectivity index (χ2v) is 7.51. The van der Waals surface area contributed by atoms with Gasteiger partial charge in [0.2, 0.25) is 5.91 Å². The van der Waals surface area contributed by atoms with Crippen LogP contribution in [0.3, 0.4) is 0 Å². The molecule has 3 aromatic rings. The number of nitrogens with zero attached hydrogens (tertiary/aromatic N) is 5. The number of carbonyl (C=O) groups excluding carboxylic acids is 1. The van der Waals surface area contributed by atoms with E-state index < -0.39 is 12.0 Å². The van der Waals surface area contributed by atoms with Crippen molar-refractivity contribution in [2.75, 3.05) is 0 Å². The standard InChI is InChI=1S/C21H24F3N5O/c1-13(2)28(12-16-8-6-5-7-9-16)18(30)11-10-17-14(3)25-20-26-19(21(22,23)24)27-29(20)15(17)4/h5-9,13H,10-12H2,1-4H3. The van der Waals surface area contributed by atoms with Gasteiger partial charge in [-0.15, -0.1) is 5.10 Å². The van der Waals surface area contributed by atoms with Crippen molar-refractivity contribution in [1.29, 1.82) is 0 Å². The normalized spacial score (nSPS) is 12.0. The molecule has 2 aromatic heterocycles. The Balaban J connectivity index is 1.80. The van der Waals surface area contributed by atoms with Gasteiger partial charge < -0.3 is 4.90 Å². The van der Waals surface area contributed by atoms with Crippen molar-refractivity contribution in [2.24, 2.45) is 0 Å². The van der Waals surface area contributed by atoms with Gasteiger partial charge in [0.25, 0.3) is 11.6 Å². The van der Waals surface area contributed by atoms with Gasteiger partial charge in [-0.2, -0.15) is 18.2 Å². The zero-order chi connectivity index (χ0) is 22.1. The monoisotopic (exact) mass is 419 g/mol. The molecule has 30 heavy (non-hydrogen) atoms. The molecule has 0 aliphatic carbocycles. The fraction of sp³-hybridized carbons (Fsp3) is 0.429. The zero-order valence-corrected chi connectivity index (χ0v) is 17.4. The molecule has 2 heterocycles. The van der Waals surface area contributed by atoms with E-state index in [1.807, 2.05) is 44.2 Å². The molecule has 0 aliphatic rings. The number of aromatic nitrogens is 4. The van der Waals surface area contributed by atoms with Gasteiger partial charge in [-0.05, 0) is 45.2 Å². The summed E-state index contributed by atoms with van der Waals surface area (Å²) < 4.78 is 39.9. The molecule has 1 aromatic carbocycles. The first-order valence-corrected chi connectivity index (χ1v) is 9.71. The van der Waals surface area contributed by atoms with Crippen molar-refractivity contribution in [2.45, 2.75) is 59.3 Å². The molecule has 0 bridgehead atoms. The van der Waals surface area contributed by atoms with E-state index in [2.05, 4.69) is 15.1 Å². The molecule has 0 atom stereocenters. The minimum absolute atomic E-state index is 0.0187. The third-order valence-corrected chi connectivity index (χ3v) is 5.03. The van der Waals surface area contributed by atoms with Crippen LogP contribution >= 0.6 is 0 Å². The molecule has 0 saturated heterocycles. The Morgan fingerprint density at radius 3 is 2.40 bits per heavy atom. The predicted molar refractivity (Wildman–Crippen MR) is 106 cm³/mol. The van der Waals surface area contributed by atoms with Crippen LogP contribution in [0.25, 0.3) is 5.78 Å². The average Bonchev–Trinajstić information content (AvgIpc) is 3.11. The summed E-state index contributed by atoms with van der Waals surface area (Å²) in [6, 6.07) is 9.74. The maximum absolute atomic E-state index is 12.9. The van der Waals surface area contributed by atoms with Gasteiger partial charge in [0.1, 0.15) is 0 Å². The Kier molecular flexibility index (Phi) is 6.09. The third-order valence-electron chi connectivity index (χ3n) is 5.03. The van der Waals surface area contributed by atoms with E-state index in [9.17, 15) is 18.0 Å². The lowest BCUT2D eigenvalue weighted by Crippen LogP contribution is -2.36. The maximum Gasteiger partial charge on any atom is 0.453 e. The summed E-state index contributed by atoms with van der Waals surface area (Å²) in [5.74, 6) is -1.35. The Hall–Kier alpha value is -2.97. The first-order valence-electron chi connectivity index (χ1n) is 9.71. The number of hydrogen-bond donors (Lipinski definition) is 0. The van der Waals surface area contributed by atoms with Crippen LogP contribution in [0.4, 0.5) is 13.2 Å². The summed E-state index contributed by atoms with van der Waals surface area (Å²) in [6.07, 6.45) is -4.06. The highest BCUT2D eigenvalue weighted by atomic mass is 19.4. The number of fused-ring (bicyclic) bond motifs is 1. The van der Waals surface area contributed by atoms with Crippen molar-refractivity contribution in [3.63, 3.8) is 0 Å².